The summed E-state index contributed by atoms with van der Waals surface area (Å²) in [5.41, 5.74) is 0.824. The van der Waals surface area contributed by atoms with E-state index in [4.69, 9.17) is 5.11 Å². The van der Waals surface area contributed by atoms with Gasteiger partial charge in [0.2, 0.25) is 0 Å². The van der Waals surface area contributed by atoms with E-state index in [9.17, 15) is 9.59 Å². The molecule has 1 aliphatic rings. The standard InChI is InChI=1S/C14H16N2O3S/c1-2-15-5-6-16(14(19)13(15)18)9-12-8-11(10-20-12)4-3-7-17/h8,10,17H,2,5-7,9H2,1H3. The fourth-order valence-corrected chi connectivity index (χ4v) is 2.86. The van der Waals surface area contributed by atoms with E-state index in [0.29, 0.717) is 26.2 Å². The summed E-state index contributed by atoms with van der Waals surface area (Å²) >= 11 is 1.50. The van der Waals surface area contributed by atoms with E-state index in [1.165, 1.54) is 11.3 Å². The third-order valence-electron chi connectivity index (χ3n) is 3.09. The van der Waals surface area contributed by atoms with Crippen molar-refractivity contribution < 1.29 is 14.7 Å². The summed E-state index contributed by atoms with van der Waals surface area (Å²) in [7, 11) is 0. The van der Waals surface area contributed by atoms with Gasteiger partial charge in [-0.15, -0.1) is 11.3 Å². The van der Waals surface area contributed by atoms with Gasteiger partial charge in [0, 0.05) is 35.5 Å². The third-order valence-corrected chi connectivity index (χ3v) is 4.01. The fraction of sp³-hybridized carbons (Fsp3) is 0.429. The Balaban J connectivity index is 2.02. The second-order valence-corrected chi connectivity index (χ2v) is 5.37. The number of thiophene rings is 1. The first-order valence-corrected chi connectivity index (χ1v) is 7.29. The van der Waals surface area contributed by atoms with E-state index in [2.05, 4.69) is 11.8 Å². The molecule has 0 aliphatic carbocycles. The van der Waals surface area contributed by atoms with Gasteiger partial charge in [0.05, 0.1) is 6.54 Å². The van der Waals surface area contributed by atoms with Crippen molar-refractivity contribution in [2.45, 2.75) is 13.5 Å². The van der Waals surface area contributed by atoms with Gasteiger partial charge < -0.3 is 14.9 Å². The number of carbonyl (C=O) groups excluding carboxylic acids is 2. The Morgan fingerprint density at radius 2 is 2.00 bits per heavy atom. The van der Waals surface area contributed by atoms with Gasteiger partial charge in [-0.05, 0) is 13.0 Å². The number of aliphatic hydroxyl groups is 1. The number of nitrogens with zero attached hydrogens (tertiary/aromatic N) is 2. The highest BCUT2D eigenvalue weighted by Crippen LogP contribution is 2.18. The first-order chi connectivity index (χ1) is 9.65. The highest BCUT2D eigenvalue weighted by molar-refractivity contribution is 7.10. The van der Waals surface area contributed by atoms with Gasteiger partial charge in [0.15, 0.2) is 0 Å². The van der Waals surface area contributed by atoms with Crippen molar-refractivity contribution in [2.24, 2.45) is 0 Å². The van der Waals surface area contributed by atoms with Crippen LogP contribution in [0.1, 0.15) is 17.4 Å². The van der Waals surface area contributed by atoms with Crippen molar-refractivity contribution in [1.29, 1.82) is 0 Å². The molecule has 0 unspecified atom stereocenters. The van der Waals surface area contributed by atoms with Crippen molar-refractivity contribution in [3.8, 4) is 11.8 Å². The number of hydrogen-bond donors (Lipinski definition) is 1. The van der Waals surface area contributed by atoms with E-state index in [1.54, 1.807) is 9.80 Å². The largest absolute Gasteiger partial charge is 0.384 e. The molecule has 0 spiro atoms. The van der Waals surface area contributed by atoms with Crippen LogP contribution < -0.4 is 0 Å². The molecule has 5 nitrogen and oxygen atoms in total. The minimum absolute atomic E-state index is 0.169. The van der Waals surface area contributed by atoms with Crippen LogP contribution in [0, 0.1) is 11.8 Å². The van der Waals surface area contributed by atoms with Crippen molar-refractivity contribution in [3.63, 3.8) is 0 Å². The molecule has 0 bridgehead atoms. The van der Waals surface area contributed by atoms with Gasteiger partial charge in [-0.1, -0.05) is 11.8 Å². The normalized spacial score (nSPS) is 15.3. The molecule has 1 N–H and O–H groups in total. The Kier molecular flexibility index (Phi) is 4.77. The van der Waals surface area contributed by atoms with Gasteiger partial charge in [0.1, 0.15) is 6.61 Å². The van der Waals surface area contributed by atoms with Gasteiger partial charge >= 0.3 is 11.8 Å². The SMILES string of the molecule is CCN1CCN(Cc2cc(C#CCO)cs2)C(=O)C1=O. The lowest BCUT2D eigenvalue weighted by atomic mass is 10.2. The minimum Gasteiger partial charge on any atom is -0.384 e. The van der Waals surface area contributed by atoms with Gasteiger partial charge in [-0.25, -0.2) is 0 Å². The second-order valence-electron chi connectivity index (χ2n) is 4.37. The van der Waals surface area contributed by atoms with E-state index >= 15 is 0 Å². The van der Waals surface area contributed by atoms with Crippen LogP contribution in [-0.4, -0.2) is 53.0 Å². The molecule has 0 aromatic carbocycles. The topological polar surface area (TPSA) is 60.9 Å². The van der Waals surface area contributed by atoms with Gasteiger partial charge in [0.25, 0.3) is 0 Å². The van der Waals surface area contributed by atoms with Crippen LogP contribution in [0.4, 0.5) is 0 Å². The molecule has 0 radical (unpaired) electrons. The number of rotatable bonds is 3. The molecule has 6 heteroatoms. The maximum Gasteiger partial charge on any atom is 0.312 e. The summed E-state index contributed by atoms with van der Waals surface area (Å²) in [5.74, 6) is 4.55. The Hall–Kier alpha value is -1.84. The molecular weight excluding hydrogens is 276 g/mol. The molecule has 106 valence electrons. The zero-order valence-electron chi connectivity index (χ0n) is 11.3. The summed E-state index contributed by atoms with van der Waals surface area (Å²) in [6.45, 7) is 3.85. The Morgan fingerprint density at radius 3 is 2.70 bits per heavy atom. The molecule has 0 atom stereocenters. The molecule has 1 aromatic rings. The highest BCUT2D eigenvalue weighted by atomic mass is 32.1. The zero-order chi connectivity index (χ0) is 14.5. The van der Waals surface area contributed by atoms with Crippen molar-refractivity contribution in [2.75, 3.05) is 26.2 Å². The van der Waals surface area contributed by atoms with Crippen LogP contribution in [0.3, 0.4) is 0 Å². The molecule has 2 amide bonds. The molecule has 20 heavy (non-hydrogen) atoms. The first kappa shape index (κ1) is 14.6. The Labute approximate surface area is 121 Å². The van der Waals surface area contributed by atoms with Crippen LogP contribution in [0.5, 0.6) is 0 Å². The average molecular weight is 292 g/mol. The molecular formula is C14H16N2O3S. The summed E-state index contributed by atoms with van der Waals surface area (Å²) in [6.07, 6.45) is 0. The van der Waals surface area contributed by atoms with Crippen LogP contribution >= 0.6 is 11.3 Å². The number of hydrogen-bond acceptors (Lipinski definition) is 4. The predicted molar refractivity (Wildman–Crippen MR) is 76.0 cm³/mol. The molecule has 1 aliphatic heterocycles. The first-order valence-electron chi connectivity index (χ1n) is 6.41. The van der Waals surface area contributed by atoms with Crippen molar-refractivity contribution in [3.05, 3.63) is 21.9 Å². The summed E-state index contributed by atoms with van der Waals surface area (Å²) in [4.78, 5) is 27.9. The monoisotopic (exact) mass is 292 g/mol. The van der Waals surface area contributed by atoms with Gasteiger partial charge in [-0.3, -0.25) is 9.59 Å². The van der Waals surface area contributed by atoms with Crippen LogP contribution in [0.2, 0.25) is 0 Å². The smallest absolute Gasteiger partial charge is 0.312 e. The predicted octanol–water partition coefficient (Wildman–Crippen LogP) is 0.283. The second kappa shape index (κ2) is 6.55. The number of likely N-dealkylation sites (N-methyl/N-ethyl adjacent to an activating group) is 1. The van der Waals surface area contributed by atoms with Crippen LogP contribution in [0.15, 0.2) is 11.4 Å². The molecule has 1 fully saturated rings. The summed E-state index contributed by atoms with van der Waals surface area (Å²) < 4.78 is 0. The lowest BCUT2D eigenvalue weighted by Gasteiger charge is -2.32. The lowest BCUT2D eigenvalue weighted by Crippen LogP contribution is -2.53. The molecule has 2 rings (SSSR count). The number of piperazine rings is 1. The molecule has 2 heterocycles. The van der Waals surface area contributed by atoms with Crippen LogP contribution in [-0.2, 0) is 16.1 Å². The maximum absolute atomic E-state index is 12.0. The number of amides is 2. The van der Waals surface area contributed by atoms with Crippen molar-refractivity contribution >= 4 is 23.2 Å². The molecule has 1 saturated heterocycles. The van der Waals surface area contributed by atoms with E-state index in [-0.39, 0.29) is 6.61 Å². The molecule has 1 aromatic heterocycles. The summed E-state index contributed by atoms with van der Waals surface area (Å²) in [6, 6.07) is 1.89. The zero-order valence-corrected chi connectivity index (χ0v) is 12.1. The fourth-order valence-electron chi connectivity index (χ4n) is 2.03. The Morgan fingerprint density at radius 1 is 1.30 bits per heavy atom. The highest BCUT2D eigenvalue weighted by Gasteiger charge is 2.31. The maximum atomic E-state index is 12.0. The van der Waals surface area contributed by atoms with Crippen LogP contribution in [0.25, 0.3) is 0 Å². The number of carbonyl (C=O) groups is 2. The van der Waals surface area contributed by atoms with E-state index < -0.39 is 11.8 Å². The van der Waals surface area contributed by atoms with E-state index in [1.807, 2.05) is 18.4 Å². The van der Waals surface area contributed by atoms with E-state index in [0.717, 1.165) is 10.4 Å². The third kappa shape index (κ3) is 3.18. The number of aliphatic hydroxyl groups excluding tert-OH is 1. The Bertz CT molecular complexity index is 570. The summed E-state index contributed by atoms with van der Waals surface area (Å²) in [5, 5.41) is 10.5. The average Bonchev–Trinajstić information content (AvgIpc) is 2.89. The lowest BCUT2D eigenvalue weighted by molar-refractivity contribution is -0.156. The van der Waals surface area contributed by atoms with Gasteiger partial charge in [-0.2, -0.15) is 0 Å². The minimum atomic E-state index is -0.436. The quantitative estimate of drug-likeness (QED) is 0.643. The molecule has 0 saturated carbocycles. The van der Waals surface area contributed by atoms with Crippen molar-refractivity contribution in [1.82, 2.24) is 9.80 Å².